The van der Waals surface area contributed by atoms with Crippen LogP contribution in [0.25, 0.3) is 22.0 Å². The van der Waals surface area contributed by atoms with Crippen molar-refractivity contribution in [3.8, 4) is 11.1 Å². The number of hydrogen-bond acceptors (Lipinski definition) is 7. The number of benzene rings is 2. The number of fused-ring (bicyclic) bond motifs is 1. The van der Waals surface area contributed by atoms with Gasteiger partial charge in [0.1, 0.15) is 5.82 Å². The highest BCUT2D eigenvalue weighted by Crippen LogP contribution is 2.30. The van der Waals surface area contributed by atoms with Crippen molar-refractivity contribution in [2.75, 3.05) is 41.8 Å². The minimum atomic E-state index is -0.253. The molecule has 4 aromatic rings. The van der Waals surface area contributed by atoms with Crippen molar-refractivity contribution in [1.82, 2.24) is 15.0 Å². The average molecular weight is 453 g/mol. The van der Waals surface area contributed by atoms with Crippen molar-refractivity contribution >= 4 is 40.0 Å². The van der Waals surface area contributed by atoms with Gasteiger partial charge in [-0.15, -0.1) is 0 Å². The van der Waals surface area contributed by atoms with Crippen LogP contribution in [0.4, 0.5) is 23.1 Å². The Kier molecular flexibility index (Phi) is 6.13. The molecule has 1 amide bonds. The lowest BCUT2D eigenvalue weighted by atomic mass is 10.0. The van der Waals surface area contributed by atoms with E-state index in [9.17, 15) is 4.79 Å². The average Bonchev–Trinajstić information content (AvgIpc) is 2.89. The number of para-hydroxylation sites is 1. The van der Waals surface area contributed by atoms with Gasteiger partial charge in [-0.1, -0.05) is 36.9 Å². The number of anilines is 4. The van der Waals surface area contributed by atoms with Crippen LogP contribution in [0.2, 0.25) is 0 Å². The van der Waals surface area contributed by atoms with Gasteiger partial charge < -0.3 is 20.3 Å². The molecule has 1 aliphatic rings. The first-order valence-electron chi connectivity index (χ1n) is 11.0. The van der Waals surface area contributed by atoms with E-state index in [0.29, 0.717) is 11.6 Å². The molecule has 8 nitrogen and oxygen atoms in total. The Balaban J connectivity index is 1.41. The molecule has 1 saturated heterocycles. The fourth-order valence-electron chi connectivity index (χ4n) is 3.88. The molecular weight excluding hydrogens is 428 g/mol. The minimum absolute atomic E-state index is 0.253. The van der Waals surface area contributed by atoms with Crippen molar-refractivity contribution in [3.63, 3.8) is 0 Å². The highest BCUT2D eigenvalue weighted by molar-refractivity contribution is 6.00. The van der Waals surface area contributed by atoms with Crippen molar-refractivity contribution in [1.29, 1.82) is 0 Å². The summed E-state index contributed by atoms with van der Waals surface area (Å²) in [6.45, 7) is 6.63. The summed E-state index contributed by atoms with van der Waals surface area (Å²) in [7, 11) is 0. The normalized spacial score (nSPS) is 13.5. The molecule has 2 aromatic heterocycles. The van der Waals surface area contributed by atoms with E-state index in [4.69, 9.17) is 9.72 Å². The van der Waals surface area contributed by atoms with Gasteiger partial charge in [-0.3, -0.25) is 4.79 Å². The van der Waals surface area contributed by atoms with Crippen LogP contribution >= 0.6 is 0 Å². The maximum atomic E-state index is 11.7. The first kappa shape index (κ1) is 21.5. The van der Waals surface area contributed by atoms with E-state index >= 15 is 0 Å². The van der Waals surface area contributed by atoms with Crippen LogP contribution < -0.4 is 15.5 Å². The molecule has 0 spiro atoms. The first-order valence-corrected chi connectivity index (χ1v) is 11.0. The van der Waals surface area contributed by atoms with Crippen molar-refractivity contribution in [3.05, 3.63) is 79.6 Å². The van der Waals surface area contributed by atoms with Crippen LogP contribution in [0.15, 0.2) is 79.6 Å². The second-order valence-electron chi connectivity index (χ2n) is 7.84. The van der Waals surface area contributed by atoms with Crippen LogP contribution in [0.1, 0.15) is 0 Å². The fraction of sp³-hybridized carbons (Fsp3) is 0.154. The Morgan fingerprint density at radius 1 is 1.00 bits per heavy atom. The molecule has 2 aromatic carbocycles. The summed E-state index contributed by atoms with van der Waals surface area (Å²) in [4.78, 5) is 27.7. The molecule has 1 aliphatic heterocycles. The molecule has 0 unspecified atom stereocenters. The van der Waals surface area contributed by atoms with Crippen LogP contribution in [-0.4, -0.2) is 47.2 Å². The second-order valence-corrected chi connectivity index (χ2v) is 7.84. The van der Waals surface area contributed by atoms with E-state index in [1.165, 1.54) is 6.08 Å². The fourth-order valence-corrected chi connectivity index (χ4v) is 3.88. The highest BCUT2D eigenvalue weighted by atomic mass is 16.5. The van der Waals surface area contributed by atoms with Gasteiger partial charge in [-0.25, -0.2) is 15.0 Å². The topological polar surface area (TPSA) is 92.3 Å². The number of nitrogens with one attached hydrogen (secondary N) is 2. The molecule has 5 rings (SSSR count). The van der Waals surface area contributed by atoms with Crippen LogP contribution in [0, 0.1) is 0 Å². The molecule has 0 bridgehead atoms. The molecule has 0 saturated carbocycles. The molecule has 8 heteroatoms. The highest BCUT2D eigenvalue weighted by Gasteiger charge is 2.13. The molecule has 3 heterocycles. The van der Waals surface area contributed by atoms with E-state index < -0.39 is 0 Å². The quantitative estimate of drug-likeness (QED) is 0.419. The van der Waals surface area contributed by atoms with Crippen molar-refractivity contribution in [2.24, 2.45) is 0 Å². The van der Waals surface area contributed by atoms with Gasteiger partial charge in [-0.05, 0) is 35.9 Å². The molecule has 0 atom stereocenters. The summed E-state index contributed by atoms with van der Waals surface area (Å²) in [5.74, 6) is 1.16. The molecule has 0 aliphatic carbocycles. The summed E-state index contributed by atoms with van der Waals surface area (Å²) in [5, 5.41) is 6.98. The zero-order chi connectivity index (χ0) is 23.3. The van der Waals surface area contributed by atoms with Crippen LogP contribution in [0.3, 0.4) is 0 Å². The monoisotopic (exact) mass is 452 g/mol. The molecule has 34 heavy (non-hydrogen) atoms. The summed E-state index contributed by atoms with van der Waals surface area (Å²) >= 11 is 0. The largest absolute Gasteiger partial charge is 0.378 e. The Morgan fingerprint density at radius 3 is 2.65 bits per heavy atom. The van der Waals surface area contributed by atoms with Gasteiger partial charge in [0.15, 0.2) is 0 Å². The number of morpholine rings is 1. The number of hydrogen-bond donors (Lipinski definition) is 2. The van der Waals surface area contributed by atoms with Gasteiger partial charge in [0.05, 0.1) is 30.6 Å². The van der Waals surface area contributed by atoms with Crippen LogP contribution in [-0.2, 0) is 9.53 Å². The summed E-state index contributed by atoms with van der Waals surface area (Å²) in [6.07, 6.45) is 4.83. The van der Waals surface area contributed by atoms with E-state index in [1.807, 2.05) is 54.6 Å². The number of pyridine rings is 1. The summed E-state index contributed by atoms with van der Waals surface area (Å²) in [5.41, 5.74) is 4.19. The van der Waals surface area contributed by atoms with E-state index in [1.54, 1.807) is 12.4 Å². The van der Waals surface area contributed by atoms with E-state index in [-0.39, 0.29) is 5.91 Å². The maximum absolute atomic E-state index is 11.7. The zero-order valence-corrected chi connectivity index (χ0v) is 18.6. The number of nitrogens with zero attached hydrogens (tertiary/aromatic N) is 4. The lowest BCUT2D eigenvalue weighted by Crippen LogP contribution is -2.36. The van der Waals surface area contributed by atoms with Gasteiger partial charge in [0, 0.05) is 35.9 Å². The van der Waals surface area contributed by atoms with Gasteiger partial charge >= 0.3 is 0 Å². The summed E-state index contributed by atoms with van der Waals surface area (Å²) < 4.78 is 5.41. The van der Waals surface area contributed by atoms with E-state index in [0.717, 1.165) is 59.8 Å². The van der Waals surface area contributed by atoms with Crippen molar-refractivity contribution in [2.45, 2.75) is 0 Å². The number of amides is 1. The second kappa shape index (κ2) is 9.68. The third-order valence-electron chi connectivity index (χ3n) is 5.58. The Hall–Kier alpha value is -4.30. The standard InChI is InChI=1S/C26H24N6O2/c1-2-24(33)29-20-7-3-5-18(15-20)22-8-4-6-19-16-28-26(31-25(19)22)30-21-9-10-23(27-17-21)32-11-13-34-14-12-32/h2-10,15-17H,1,11-14H2,(H,29,33)(H,28,30,31). The lowest BCUT2D eigenvalue weighted by molar-refractivity contribution is -0.111. The smallest absolute Gasteiger partial charge is 0.247 e. The Labute approximate surface area is 197 Å². The minimum Gasteiger partial charge on any atom is -0.378 e. The first-order chi connectivity index (χ1) is 16.7. The number of rotatable bonds is 6. The summed E-state index contributed by atoms with van der Waals surface area (Å²) in [6, 6.07) is 17.6. The van der Waals surface area contributed by atoms with E-state index in [2.05, 4.69) is 32.1 Å². The van der Waals surface area contributed by atoms with Gasteiger partial charge in [0.2, 0.25) is 11.9 Å². The molecule has 0 radical (unpaired) electrons. The maximum Gasteiger partial charge on any atom is 0.247 e. The van der Waals surface area contributed by atoms with Gasteiger partial charge in [0.25, 0.3) is 0 Å². The molecule has 2 N–H and O–H groups in total. The number of carbonyl (C=O) groups excluding carboxylic acids is 1. The number of carbonyl (C=O) groups is 1. The van der Waals surface area contributed by atoms with Gasteiger partial charge in [-0.2, -0.15) is 0 Å². The number of aromatic nitrogens is 3. The third-order valence-corrected chi connectivity index (χ3v) is 5.58. The molecule has 1 fully saturated rings. The number of ether oxygens (including phenoxy) is 1. The zero-order valence-electron chi connectivity index (χ0n) is 18.6. The molecular formula is C26H24N6O2. The van der Waals surface area contributed by atoms with Crippen LogP contribution in [0.5, 0.6) is 0 Å². The molecule has 170 valence electrons. The Bertz CT molecular complexity index is 1330. The SMILES string of the molecule is C=CC(=O)Nc1cccc(-c2cccc3cnc(Nc4ccc(N5CCOCC5)nc4)nc23)c1. The predicted octanol–water partition coefficient (Wildman–Crippen LogP) is 4.40. The Morgan fingerprint density at radius 2 is 1.85 bits per heavy atom. The predicted molar refractivity (Wildman–Crippen MR) is 134 cm³/mol. The lowest BCUT2D eigenvalue weighted by Gasteiger charge is -2.27. The van der Waals surface area contributed by atoms with Crippen molar-refractivity contribution < 1.29 is 9.53 Å². The third kappa shape index (κ3) is 4.72.